The topological polar surface area (TPSA) is 101 Å². The van der Waals surface area contributed by atoms with Crippen LogP contribution in [0.1, 0.15) is 40.7 Å². The van der Waals surface area contributed by atoms with Crippen molar-refractivity contribution in [3.8, 4) is 0 Å². The van der Waals surface area contributed by atoms with E-state index in [9.17, 15) is 14.4 Å². The summed E-state index contributed by atoms with van der Waals surface area (Å²) >= 11 is 0. The van der Waals surface area contributed by atoms with E-state index in [0.29, 0.717) is 58.8 Å². The molecule has 2 aliphatic rings. The average Bonchev–Trinajstić information content (AvgIpc) is 2.74. The van der Waals surface area contributed by atoms with Crippen molar-refractivity contribution in [3.05, 3.63) is 29.6 Å². The Labute approximate surface area is 164 Å². The fourth-order valence-electron chi connectivity index (χ4n) is 3.29. The fourth-order valence-corrected chi connectivity index (χ4v) is 3.29. The summed E-state index contributed by atoms with van der Waals surface area (Å²) in [6, 6.07) is 4.84. The number of nitrogens with one attached hydrogen (secondary N) is 1. The van der Waals surface area contributed by atoms with Gasteiger partial charge < -0.3 is 24.6 Å². The van der Waals surface area contributed by atoms with E-state index in [4.69, 9.17) is 9.47 Å². The summed E-state index contributed by atoms with van der Waals surface area (Å²) in [6.45, 7) is 5.26. The maximum absolute atomic E-state index is 12.6. The van der Waals surface area contributed by atoms with E-state index in [1.54, 1.807) is 34.9 Å². The van der Waals surface area contributed by atoms with Crippen molar-refractivity contribution in [2.24, 2.45) is 0 Å². The number of hydrogen-bond acceptors (Lipinski definition) is 6. The average molecular weight is 390 g/mol. The van der Waals surface area contributed by atoms with Crippen molar-refractivity contribution in [2.75, 3.05) is 46.0 Å². The Hall–Kier alpha value is -2.68. The Bertz CT molecular complexity index is 712. The zero-order valence-corrected chi connectivity index (χ0v) is 16.1. The van der Waals surface area contributed by atoms with Crippen molar-refractivity contribution in [1.29, 1.82) is 0 Å². The van der Waals surface area contributed by atoms with E-state index in [1.807, 2.05) is 0 Å². The molecule has 0 aromatic carbocycles. The molecule has 3 heterocycles. The van der Waals surface area contributed by atoms with Gasteiger partial charge in [0, 0.05) is 32.2 Å². The van der Waals surface area contributed by atoms with Gasteiger partial charge in [0.15, 0.2) is 0 Å². The summed E-state index contributed by atoms with van der Waals surface area (Å²) in [5.74, 6) is -0.507. The van der Waals surface area contributed by atoms with Gasteiger partial charge in [-0.25, -0.2) is 9.78 Å². The maximum Gasteiger partial charge on any atom is 0.409 e. The van der Waals surface area contributed by atoms with Crippen LogP contribution in [0.25, 0.3) is 0 Å². The van der Waals surface area contributed by atoms with Gasteiger partial charge in [-0.05, 0) is 31.9 Å². The van der Waals surface area contributed by atoms with Crippen LogP contribution in [0.5, 0.6) is 0 Å². The Kier molecular flexibility index (Phi) is 6.80. The normalized spacial score (nSPS) is 17.9. The summed E-state index contributed by atoms with van der Waals surface area (Å²) < 4.78 is 10.3. The third kappa shape index (κ3) is 4.98. The van der Waals surface area contributed by atoms with Crippen molar-refractivity contribution < 1.29 is 23.9 Å². The summed E-state index contributed by atoms with van der Waals surface area (Å²) in [4.78, 5) is 44.4. The number of pyridine rings is 1. The van der Waals surface area contributed by atoms with E-state index in [-0.39, 0.29) is 35.3 Å². The van der Waals surface area contributed by atoms with Crippen LogP contribution in [0.15, 0.2) is 18.2 Å². The molecular formula is C19H26N4O5. The molecule has 3 amide bonds. The Morgan fingerprint density at radius 3 is 2.46 bits per heavy atom. The molecule has 0 bridgehead atoms. The molecule has 1 N–H and O–H groups in total. The largest absolute Gasteiger partial charge is 0.450 e. The second kappa shape index (κ2) is 9.50. The molecule has 152 valence electrons. The van der Waals surface area contributed by atoms with E-state index < -0.39 is 0 Å². The maximum atomic E-state index is 12.6. The molecule has 2 saturated heterocycles. The lowest BCUT2D eigenvalue weighted by Gasteiger charge is -2.31. The first-order valence-electron chi connectivity index (χ1n) is 9.65. The number of amides is 3. The molecule has 28 heavy (non-hydrogen) atoms. The minimum absolute atomic E-state index is 0.0430. The number of morpholine rings is 1. The molecule has 2 fully saturated rings. The SMILES string of the molecule is CCOC(=O)N1CCC(NC(=O)c2cccc(C(=O)N3CCOCC3)n2)CC1. The first-order chi connectivity index (χ1) is 13.6. The smallest absolute Gasteiger partial charge is 0.409 e. The van der Waals surface area contributed by atoms with Crippen LogP contribution in [-0.2, 0) is 9.47 Å². The minimum atomic E-state index is -0.316. The van der Waals surface area contributed by atoms with Crippen LogP contribution in [0.3, 0.4) is 0 Å². The van der Waals surface area contributed by atoms with Crippen LogP contribution < -0.4 is 5.32 Å². The molecule has 0 atom stereocenters. The zero-order chi connectivity index (χ0) is 19.9. The number of ether oxygens (including phenoxy) is 2. The predicted molar refractivity (Wildman–Crippen MR) is 100 cm³/mol. The van der Waals surface area contributed by atoms with Gasteiger partial charge in [-0.3, -0.25) is 9.59 Å². The van der Waals surface area contributed by atoms with Crippen LogP contribution in [0.2, 0.25) is 0 Å². The molecule has 0 unspecified atom stereocenters. The zero-order valence-electron chi connectivity index (χ0n) is 16.1. The molecule has 0 saturated carbocycles. The fraction of sp³-hybridized carbons (Fsp3) is 0.579. The standard InChI is InChI=1S/C19H26N4O5/c1-2-28-19(26)23-8-6-14(7-9-23)20-17(24)15-4-3-5-16(21-15)18(25)22-10-12-27-13-11-22/h3-5,14H,2,6-13H2,1H3,(H,20,24). The molecule has 1 aromatic heterocycles. The van der Waals surface area contributed by atoms with Crippen LogP contribution in [0.4, 0.5) is 4.79 Å². The summed E-state index contributed by atoms with van der Waals surface area (Å²) in [5, 5.41) is 2.95. The van der Waals surface area contributed by atoms with Gasteiger partial charge in [-0.1, -0.05) is 6.07 Å². The Morgan fingerprint density at radius 2 is 1.79 bits per heavy atom. The molecule has 1 aromatic rings. The molecule has 0 aliphatic carbocycles. The van der Waals surface area contributed by atoms with Gasteiger partial charge >= 0.3 is 6.09 Å². The van der Waals surface area contributed by atoms with Gasteiger partial charge in [-0.15, -0.1) is 0 Å². The number of likely N-dealkylation sites (tertiary alicyclic amines) is 1. The van der Waals surface area contributed by atoms with Crippen molar-refractivity contribution in [2.45, 2.75) is 25.8 Å². The Balaban J connectivity index is 1.55. The van der Waals surface area contributed by atoms with E-state index in [0.717, 1.165) is 0 Å². The number of piperidine rings is 1. The van der Waals surface area contributed by atoms with Gasteiger partial charge in [0.05, 0.1) is 19.8 Å². The molecule has 9 heteroatoms. The highest BCUT2D eigenvalue weighted by atomic mass is 16.6. The van der Waals surface area contributed by atoms with Crippen LogP contribution in [0, 0.1) is 0 Å². The minimum Gasteiger partial charge on any atom is -0.450 e. The monoisotopic (exact) mass is 390 g/mol. The number of hydrogen-bond donors (Lipinski definition) is 1. The van der Waals surface area contributed by atoms with Crippen molar-refractivity contribution in [3.63, 3.8) is 0 Å². The number of carbonyl (C=O) groups excluding carboxylic acids is 3. The van der Waals surface area contributed by atoms with Gasteiger partial charge in [0.25, 0.3) is 11.8 Å². The van der Waals surface area contributed by atoms with Crippen LogP contribution >= 0.6 is 0 Å². The summed E-state index contributed by atoms with van der Waals surface area (Å²) in [5.41, 5.74) is 0.471. The molecule has 0 spiro atoms. The van der Waals surface area contributed by atoms with Gasteiger partial charge in [-0.2, -0.15) is 0 Å². The van der Waals surface area contributed by atoms with Gasteiger partial charge in [0.2, 0.25) is 0 Å². The highest BCUT2D eigenvalue weighted by molar-refractivity contribution is 5.96. The molecular weight excluding hydrogens is 364 g/mol. The summed E-state index contributed by atoms with van der Waals surface area (Å²) in [7, 11) is 0. The summed E-state index contributed by atoms with van der Waals surface area (Å²) in [6.07, 6.45) is 0.983. The first-order valence-corrected chi connectivity index (χ1v) is 9.65. The third-order valence-electron chi connectivity index (χ3n) is 4.86. The highest BCUT2D eigenvalue weighted by Gasteiger charge is 2.26. The van der Waals surface area contributed by atoms with Crippen LogP contribution in [-0.4, -0.2) is 84.7 Å². The number of carbonyl (C=O) groups is 3. The lowest BCUT2D eigenvalue weighted by molar-refractivity contribution is 0.0299. The number of rotatable bonds is 4. The quantitative estimate of drug-likeness (QED) is 0.820. The van der Waals surface area contributed by atoms with Crippen molar-refractivity contribution >= 4 is 17.9 Å². The lowest BCUT2D eigenvalue weighted by Crippen LogP contribution is -2.47. The number of nitrogens with zero attached hydrogens (tertiary/aromatic N) is 3. The lowest BCUT2D eigenvalue weighted by atomic mass is 10.1. The van der Waals surface area contributed by atoms with E-state index >= 15 is 0 Å². The molecule has 0 radical (unpaired) electrons. The predicted octanol–water partition coefficient (Wildman–Crippen LogP) is 0.905. The highest BCUT2D eigenvalue weighted by Crippen LogP contribution is 2.13. The third-order valence-corrected chi connectivity index (χ3v) is 4.86. The number of aromatic nitrogens is 1. The molecule has 2 aliphatic heterocycles. The second-order valence-electron chi connectivity index (χ2n) is 6.75. The molecule has 3 rings (SSSR count). The second-order valence-corrected chi connectivity index (χ2v) is 6.75. The van der Waals surface area contributed by atoms with Crippen molar-refractivity contribution in [1.82, 2.24) is 20.1 Å². The van der Waals surface area contributed by atoms with E-state index in [1.165, 1.54) is 0 Å². The first kappa shape index (κ1) is 20.1. The van der Waals surface area contributed by atoms with E-state index in [2.05, 4.69) is 10.3 Å². The van der Waals surface area contributed by atoms with Gasteiger partial charge in [0.1, 0.15) is 11.4 Å². The Morgan fingerprint density at radius 1 is 1.11 bits per heavy atom. The molecule has 9 nitrogen and oxygen atoms in total.